The van der Waals surface area contributed by atoms with Gasteiger partial charge in [0.25, 0.3) is 0 Å². The number of hydrogen-bond acceptors (Lipinski definition) is 3. The third kappa shape index (κ3) is 15.1. The second kappa shape index (κ2) is 35.3. The molecule has 608 valence electrons. The first kappa shape index (κ1) is 80.4. The Morgan fingerprint density at radius 2 is 0.359 bits per heavy atom. The number of halogens is 3. The van der Waals surface area contributed by atoms with Crippen LogP contribution in [-0.4, -0.2) is 0 Å². The highest BCUT2D eigenvalue weighted by molar-refractivity contribution is 9.11. The lowest BCUT2D eigenvalue weighted by Gasteiger charge is -2.35. The molecule has 1 spiro atoms. The van der Waals surface area contributed by atoms with Crippen molar-refractivity contribution in [3.8, 4) is 89.0 Å². The average molecular weight is 1830 g/mol. The summed E-state index contributed by atoms with van der Waals surface area (Å²) in [5.41, 5.74) is 39.6. The molecule has 0 N–H and O–H groups in total. The molecule has 0 saturated heterocycles. The highest BCUT2D eigenvalue weighted by Gasteiger charge is 2.52. The molecule has 0 heterocycles. The maximum atomic E-state index is 3.63. The molecule has 0 bridgehead atoms. The molecule has 6 heteroatoms. The van der Waals surface area contributed by atoms with E-state index in [1.807, 2.05) is 0 Å². The Bertz CT molecular complexity index is 7170. The van der Waals surface area contributed by atoms with Crippen molar-refractivity contribution in [1.82, 2.24) is 0 Å². The third-order valence-corrected chi connectivity index (χ3v) is 26.8. The Morgan fingerprint density at radius 3 is 0.727 bits per heavy atom. The van der Waals surface area contributed by atoms with Crippen LogP contribution < -0.4 is 14.7 Å². The van der Waals surface area contributed by atoms with Gasteiger partial charge in [-0.3, -0.25) is 0 Å². The highest BCUT2D eigenvalue weighted by atomic mass is 79.9. The summed E-state index contributed by atoms with van der Waals surface area (Å²) in [5, 5.41) is 0. The molecule has 0 fully saturated rings. The van der Waals surface area contributed by atoms with Gasteiger partial charge in [0.05, 0.1) is 10.8 Å². The van der Waals surface area contributed by atoms with Gasteiger partial charge in [-0.05, 0) is 279 Å². The van der Waals surface area contributed by atoms with Gasteiger partial charge in [0.15, 0.2) is 0 Å². The van der Waals surface area contributed by atoms with Crippen molar-refractivity contribution in [3.63, 3.8) is 0 Å². The van der Waals surface area contributed by atoms with Crippen molar-refractivity contribution in [3.05, 3.63) is 568 Å². The van der Waals surface area contributed by atoms with Gasteiger partial charge in [-0.1, -0.05) is 412 Å². The highest BCUT2D eigenvalue weighted by Crippen LogP contribution is 2.64. The van der Waals surface area contributed by atoms with Crippen LogP contribution in [0.25, 0.3) is 89.0 Å². The van der Waals surface area contributed by atoms with Crippen LogP contribution in [0.15, 0.2) is 523 Å². The van der Waals surface area contributed by atoms with Crippen LogP contribution in [0.4, 0.5) is 51.2 Å². The topological polar surface area (TPSA) is 9.72 Å². The van der Waals surface area contributed by atoms with Crippen LogP contribution in [0, 0.1) is 0 Å². The van der Waals surface area contributed by atoms with Gasteiger partial charge in [-0.15, -0.1) is 0 Å². The molecular formula is C122H84Br3N3. The Balaban J connectivity index is 0.000000117. The van der Waals surface area contributed by atoms with E-state index in [2.05, 4.69) is 572 Å². The predicted octanol–water partition coefficient (Wildman–Crippen LogP) is 34.8. The molecule has 0 aromatic heterocycles. The molecule has 128 heavy (non-hydrogen) atoms. The number of benzene rings is 20. The van der Waals surface area contributed by atoms with Crippen molar-refractivity contribution < 1.29 is 0 Å². The Labute approximate surface area is 774 Å². The van der Waals surface area contributed by atoms with E-state index in [-0.39, 0.29) is 5.41 Å². The molecule has 0 saturated carbocycles. The van der Waals surface area contributed by atoms with Crippen LogP contribution in [0.1, 0.15) is 44.5 Å². The minimum Gasteiger partial charge on any atom is -0.311 e. The van der Waals surface area contributed by atoms with Gasteiger partial charge < -0.3 is 14.7 Å². The Morgan fingerprint density at radius 1 is 0.133 bits per heavy atom. The minimum absolute atomic E-state index is 0.373. The SMILES string of the molecule is Brc1ccc(-c2cccc(N(c3ccccc3)c3ccc4c(c3)C(c3ccccc3)(c3ccccc3)c3ccccc3-4)c2)cc1.Brc1cccc(-c2ccc(N(c3ccc(-c4ccccc4)cc3)c3ccc(-c4ccccc4)cc3)cc2)c1.Brc1cccc(-c2ccc(N(c3ccccc3)c3ccc4c(c3)C3(c5ccccc5-c5ccccc53)c3ccccc3-4)cc2)c1. The van der Waals surface area contributed by atoms with E-state index in [9.17, 15) is 0 Å². The number of fused-ring (bicyclic) bond motifs is 13. The Hall–Kier alpha value is -14.8. The number of rotatable bonds is 16. The maximum Gasteiger partial charge on any atom is 0.0726 e. The second-order valence-electron chi connectivity index (χ2n) is 32.5. The van der Waals surface area contributed by atoms with Crippen LogP contribution in [0.2, 0.25) is 0 Å². The zero-order valence-corrected chi connectivity index (χ0v) is 74.7. The number of hydrogen-bond donors (Lipinski definition) is 0. The summed E-state index contributed by atoms with van der Waals surface area (Å²) in [6, 6.07) is 184. The predicted molar refractivity (Wildman–Crippen MR) is 547 cm³/mol. The number of para-hydroxylation sites is 2. The molecule has 0 aliphatic heterocycles. The van der Waals surface area contributed by atoms with Crippen LogP contribution in [0.3, 0.4) is 0 Å². The van der Waals surface area contributed by atoms with Crippen molar-refractivity contribution in [2.24, 2.45) is 0 Å². The lowest BCUT2D eigenvalue weighted by Crippen LogP contribution is -2.28. The van der Waals surface area contributed by atoms with Crippen molar-refractivity contribution in [2.75, 3.05) is 14.7 Å². The summed E-state index contributed by atoms with van der Waals surface area (Å²) in [6.45, 7) is 0. The minimum atomic E-state index is -0.452. The quantitative estimate of drug-likeness (QED) is 0.0955. The summed E-state index contributed by atoms with van der Waals surface area (Å²) >= 11 is 10.8. The molecule has 20 aromatic rings. The van der Waals surface area contributed by atoms with E-state index >= 15 is 0 Å². The summed E-state index contributed by atoms with van der Waals surface area (Å²) in [6.07, 6.45) is 0. The lowest BCUT2D eigenvalue weighted by atomic mass is 9.67. The summed E-state index contributed by atoms with van der Waals surface area (Å²) in [7, 11) is 0. The van der Waals surface area contributed by atoms with Gasteiger partial charge in [0, 0.05) is 64.6 Å². The molecule has 0 amide bonds. The first-order valence-electron chi connectivity index (χ1n) is 43.4. The van der Waals surface area contributed by atoms with Crippen molar-refractivity contribution in [1.29, 1.82) is 0 Å². The number of anilines is 9. The average Bonchev–Trinajstić information content (AvgIpc) is 1.51. The second-order valence-corrected chi connectivity index (χ2v) is 35.3. The molecule has 3 aliphatic rings. The van der Waals surface area contributed by atoms with Crippen molar-refractivity contribution in [2.45, 2.75) is 10.8 Å². The van der Waals surface area contributed by atoms with Gasteiger partial charge in [0.1, 0.15) is 0 Å². The summed E-state index contributed by atoms with van der Waals surface area (Å²) < 4.78 is 3.24. The van der Waals surface area contributed by atoms with E-state index < -0.39 is 5.41 Å². The fourth-order valence-electron chi connectivity index (χ4n) is 19.6. The fraction of sp³-hybridized carbons (Fsp3) is 0.0164. The van der Waals surface area contributed by atoms with E-state index in [0.717, 1.165) is 64.6 Å². The molecule has 23 rings (SSSR count). The smallest absolute Gasteiger partial charge is 0.0726 e. The largest absolute Gasteiger partial charge is 0.311 e. The summed E-state index contributed by atoms with van der Waals surface area (Å²) in [4.78, 5) is 7.08. The van der Waals surface area contributed by atoms with Crippen LogP contribution >= 0.6 is 47.8 Å². The third-order valence-electron chi connectivity index (χ3n) is 25.3. The van der Waals surface area contributed by atoms with Crippen molar-refractivity contribution >= 4 is 99.0 Å². The standard InChI is InChI=1S/C43H28BrN.C43H30BrN.C36H26BrN/c44-31-12-10-11-30(27-31)29-21-23-33(24-22-29)45(32-13-2-1-3-14-32)34-25-26-38-37-17-6-9-20-41(37)43(42(38)28-34)39-18-7-4-15-35(39)36-16-5-8-19-40(36)43;44-35-25-23-31(24-26-35)32-13-12-20-37(29-32)45(36-18-8-3-9-19-36)38-27-28-40-39-21-10-11-22-41(39)43(42(40)30-38,33-14-4-1-5-15-33)34-16-6-2-7-17-34;37-33-13-7-12-32(26-33)31-18-24-36(25-19-31)38(34-20-14-29(15-21-34)27-8-3-1-4-9-27)35-22-16-30(17-23-35)28-10-5-2-6-11-28/h1-28H;1-30H;1-26H. The zero-order chi connectivity index (χ0) is 85.9. The van der Waals surface area contributed by atoms with Gasteiger partial charge >= 0.3 is 0 Å². The lowest BCUT2D eigenvalue weighted by molar-refractivity contribution is 0.768. The fourth-order valence-corrected chi connectivity index (χ4v) is 20.6. The van der Waals surface area contributed by atoms with E-state index in [1.54, 1.807) is 0 Å². The van der Waals surface area contributed by atoms with E-state index in [4.69, 9.17) is 0 Å². The van der Waals surface area contributed by atoms with Gasteiger partial charge in [0.2, 0.25) is 0 Å². The molecule has 20 aromatic carbocycles. The van der Waals surface area contributed by atoms with Crippen LogP contribution in [0.5, 0.6) is 0 Å². The van der Waals surface area contributed by atoms with Crippen LogP contribution in [-0.2, 0) is 10.8 Å². The molecule has 3 aliphatic carbocycles. The molecule has 0 atom stereocenters. The maximum absolute atomic E-state index is 3.63. The zero-order valence-electron chi connectivity index (χ0n) is 70.0. The first-order chi connectivity index (χ1) is 63.2. The first-order valence-corrected chi connectivity index (χ1v) is 45.8. The normalized spacial score (nSPS) is 12.3. The number of nitrogens with zero attached hydrogens (tertiary/aromatic N) is 3. The molecule has 0 radical (unpaired) electrons. The van der Waals surface area contributed by atoms with E-state index in [0.29, 0.717) is 0 Å². The molecule has 0 unspecified atom stereocenters. The summed E-state index contributed by atoms with van der Waals surface area (Å²) in [5.74, 6) is 0. The monoisotopic (exact) mass is 1830 g/mol. The molecule has 3 nitrogen and oxygen atoms in total. The van der Waals surface area contributed by atoms with Gasteiger partial charge in [-0.25, -0.2) is 0 Å². The van der Waals surface area contributed by atoms with E-state index in [1.165, 1.54) is 134 Å². The molecular weight excluding hydrogens is 1750 g/mol. The Kier molecular flexibility index (Phi) is 22.2. The van der Waals surface area contributed by atoms with Gasteiger partial charge in [-0.2, -0.15) is 0 Å².